The van der Waals surface area contributed by atoms with Gasteiger partial charge in [-0.2, -0.15) is 0 Å². The first-order chi connectivity index (χ1) is 15.6. The number of amides is 1. The molecule has 33 heavy (non-hydrogen) atoms. The van der Waals surface area contributed by atoms with Crippen molar-refractivity contribution in [2.24, 2.45) is 0 Å². The molecule has 1 atom stereocenters. The SMILES string of the molecule is Fc1ccccc1OC(F)(F)F.O=C(NC1CCOc2cccnc21)c1ccc(Br)c(F)c1. The number of carbonyl (C=O) groups is 1. The lowest BCUT2D eigenvalue weighted by molar-refractivity contribution is -0.275. The summed E-state index contributed by atoms with van der Waals surface area (Å²) in [5.41, 5.74) is 0.981. The molecule has 1 amide bonds. The molecule has 4 rings (SSSR count). The highest BCUT2D eigenvalue weighted by molar-refractivity contribution is 9.10. The minimum absolute atomic E-state index is 0.228. The second-order valence-corrected chi connectivity index (χ2v) is 7.51. The molecule has 0 fully saturated rings. The topological polar surface area (TPSA) is 60.5 Å². The van der Waals surface area contributed by atoms with E-state index in [4.69, 9.17) is 4.74 Å². The molecule has 1 aliphatic heterocycles. The van der Waals surface area contributed by atoms with Crippen molar-refractivity contribution in [2.75, 3.05) is 6.61 Å². The Bertz CT molecular complexity index is 1130. The normalized spacial score (nSPS) is 14.8. The lowest BCUT2D eigenvalue weighted by Gasteiger charge is -2.25. The number of rotatable bonds is 3. The van der Waals surface area contributed by atoms with E-state index in [9.17, 15) is 26.7 Å². The van der Waals surface area contributed by atoms with Gasteiger partial charge in [-0.15, -0.1) is 13.2 Å². The van der Waals surface area contributed by atoms with Gasteiger partial charge < -0.3 is 14.8 Å². The van der Waals surface area contributed by atoms with Gasteiger partial charge in [-0.05, 0) is 58.4 Å². The van der Waals surface area contributed by atoms with Gasteiger partial charge in [0, 0.05) is 18.2 Å². The highest BCUT2D eigenvalue weighted by Gasteiger charge is 2.32. The number of nitrogens with zero attached hydrogens (tertiary/aromatic N) is 1. The van der Waals surface area contributed by atoms with E-state index in [0.717, 1.165) is 12.1 Å². The molecule has 2 heterocycles. The van der Waals surface area contributed by atoms with Crippen LogP contribution in [0.15, 0.2) is 65.3 Å². The number of hydrogen-bond acceptors (Lipinski definition) is 4. The zero-order chi connectivity index (χ0) is 24.0. The van der Waals surface area contributed by atoms with Crippen LogP contribution in [0.1, 0.15) is 28.5 Å². The molecule has 0 saturated heterocycles. The fraction of sp³-hybridized carbons (Fsp3) is 0.182. The fourth-order valence-corrected chi connectivity index (χ4v) is 3.13. The van der Waals surface area contributed by atoms with Crippen molar-refractivity contribution in [1.82, 2.24) is 10.3 Å². The van der Waals surface area contributed by atoms with Crippen molar-refractivity contribution in [3.05, 3.63) is 88.2 Å². The van der Waals surface area contributed by atoms with Crippen molar-refractivity contribution >= 4 is 21.8 Å². The molecule has 0 aliphatic carbocycles. The van der Waals surface area contributed by atoms with E-state index in [1.54, 1.807) is 18.3 Å². The van der Waals surface area contributed by atoms with E-state index in [2.05, 4.69) is 31.0 Å². The Morgan fingerprint density at radius 3 is 2.55 bits per heavy atom. The van der Waals surface area contributed by atoms with Crippen LogP contribution in [-0.2, 0) is 0 Å². The molecule has 11 heteroatoms. The summed E-state index contributed by atoms with van der Waals surface area (Å²) in [4.78, 5) is 16.5. The zero-order valence-corrected chi connectivity index (χ0v) is 18.3. The van der Waals surface area contributed by atoms with Gasteiger partial charge in [0.25, 0.3) is 5.91 Å². The first kappa shape index (κ1) is 24.4. The van der Waals surface area contributed by atoms with Gasteiger partial charge in [-0.25, -0.2) is 8.78 Å². The number of benzene rings is 2. The second-order valence-electron chi connectivity index (χ2n) is 6.66. The van der Waals surface area contributed by atoms with Gasteiger partial charge in [0.2, 0.25) is 0 Å². The molecule has 174 valence electrons. The first-order valence-electron chi connectivity index (χ1n) is 9.48. The Morgan fingerprint density at radius 1 is 1.09 bits per heavy atom. The average molecular weight is 531 g/mol. The monoisotopic (exact) mass is 530 g/mol. The molecule has 1 unspecified atom stereocenters. The zero-order valence-electron chi connectivity index (χ0n) is 16.7. The number of halogens is 6. The predicted octanol–water partition coefficient (Wildman–Crippen LogP) is 5.96. The molecule has 3 aromatic rings. The van der Waals surface area contributed by atoms with Crippen LogP contribution >= 0.6 is 15.9 Å². The van der Waals surface area contributed by atoms with Gasteiger partial charge >= 0.3 is 6.36 Å². The lowest BCUT2D eigenvalue weighted by atomic mass is 10.1. The third-order valence-electron chi connectivity index (χ3n) is 4.34. The summed E-state index contributed by atoms with van der Waals surface area (Å²) in [5.74, 6) is -1.96. The maximum atomic E-state index is 13.5. The minimum atomic E-state index is -4.85. The smallest absolute Gasteiger partial charge is 0.491 e. The van der Waals surface area contributed by atoms with Gasteiger partial charge in [0.15, 0.2) is 11.6 Å². The Hall–Kier alpha value is -3.21. The van der Waals surface area contributed by atoms with Crippen molar-refractivity contribution in [1.29, 1.82) is 0 Å². The number of carbonyl (C=O) groups excluding carboxylic acids is 1. The Morgan fingerprint density at radius 2 is 1.85 bits per heavy atom. The number of aromatic nitrogens is 1. The molecule has 0 saturated carbocycles. The maximum absolute atomic E-state index is 13.5. The van der Waals surface area contributed by atoms with Gasteiger partial charge in [-0.1, -0.05) is 12.1 Å². The standard InChI is InChI=1S/C15H12BrFN2O2.C7H4F4O/c16-10-4-3-9(8-11(10)17)15(20)19-12-5-7-21-13-2-1-6-18-14(12)13;8-5-3-1-2-4-6(5)12-7(9,10)11/h1-4,6,8,12H,5,7H2,(H,19,20);1-4H. The first-order valence-corrected chi connectivity index (χ1v) is 10.3. The number of fused-ring (bicyclic) bond motifs is 1. The fourth-order valence-electron chi connectivity index (χ4n) is 2.88. The molecule has 1 aliphatic rings. The Kier molecular flexibility index (Phi) is 7.85. The largest absolute Gasteiger partial charge is 0.573 e. The molecule has 1 N–H and O–H groups in total. The summed E-state index contributed by atoms with van der Waals surface area (Å²) in [6.07, 6.45) is -2.55. The summed E-state index contributed by atoms with van der Waals surface area (Å²) < 4.78 is 69.8. The van der Waals surface area contributed by atoms with Crippen LogP contribution in [0.25, 0.3) is 0 Å². The van der Waals surface area contributed by atoms with Crippen LogP contribution in [0.5, 0.6) is 11.5 Å². The average Bonchev–Trinajstić information content (AvgIpc) is 2.77. The van der Waals surface area contributed by atoms with Crippen molar-refractivity contribution in [3.63, 3.8) is 0 Å². The van der Waals surface area contributed by atoms with Gasteiger partial charge in [0.1, 0.15) is 17.3 Å². The van der Waals surface area contributed by atoms with Crippen LogP contribution < -0.4 is 14.8 Å². The quantitative estimate of drug-likeness (QED) is 0.424. The van der Waals surface area contributed by atoms with Crippen LogP contribution in [0, 0.1) is 11.6 Å². The number of ether oxygens (including phenoxy) is 2. The number of para-hydroxylation sites is 1. The van der Waals surface area contributed by atoms with Crippen molar-refractivity contribution < 1.29 is 36.2 Å². The van der Waals surface area contributed by atoms with E-state index in [1.807, 2.05) is 6.07 Å². The van der Waals surface area contributed by atoms with E-state index in [0.29, 0.717) is 28.9 Å². The molecule has 0 spiro atoms. The van der Waals surface area contributed by atoms with Gasteiger partial charge in [-0.3, -0.25) is 9.78 Å². The van der Waals surface area contributed by atoms with E-state index >= 15 is 0 Å². The van der Waals surface area contributed by atoms with E-state index < -0.39 is 23.7 Å². The molecular weight excluding hydrogens is 515 g/mol. The molecule has 5 nitrogen and oxygen atoms in total. The molecule has 0 radical (unpaired) electrons. The summed E-state index contributed by atoms with van der Waals surface area (Å²) >= 11 is 3.07. The number of hydrogen-bond donors (Lipinski definition) is 1. The number of pyridine rings is 1. The Labute approximate surface area is 193 Å². The highest BCUT2D eigenvalue weighted by atomic mass is 79.9. The van der Waals surface area contributed by atoms with Crippen LogP contribution in [0.2, 0.25) is 0 Å². The summed E-state index contributed by atoms with van der Waals surface area (Å²) in [5, 5.41) is 2.87. The minimum Gasteiger partial charge on any atom is -0.491 e. The number of alkyl halides is 3. The number of nitrogens with one attached hydrogen (secondary N) is 1. The predicted molar refractivity (Wildman–Crippen MR) is 112 cm³/mol. The third-order valence-corrected chi connectivity index (χ3v) is 4.99. The van der Waals surface area contributed by atoms with Crippen LogP contribution in [0.3, 0.4) is 0 Å². The highest BCUT2D eigenvalue weighted by Crippen LogP contribution is 2.30. The van der Waals surface area contributed by atoms with E-state index in [-0.39, 0.29) is 17.5 Å². The lowest BCUT2D eigenvalue weighted by Crippen LogP contribution is -2.32. The van der Waals surface area contributed by atoms with Crippen molar-refractivity contribution in [2.45, 2.75) is 18.8 Å². The molecule has 2 aromatic carbocycles. The van der Waals surface area contributed by atoms with Crippen molar-refractivity contribution in [3.8, 4) is 11.5 Å². The third kappa shape index (κ3) is 6.88. The maximum Gasteiger partial charge on any atom is 0.573 e. The van der Waals surface area contributed by atoms with Gasteiger partial charge in [0.05, 0.1) is 17.1 Å². The van der Waals surface area contributed by atoms with E-state index in [1.165, 1.54) is 24.3 Å². The summed E-state index contributed by atoms with van der Waals surface area (Å²) in [6.45, 7) is 0.512. The molecule has 0 bridgehead atoms. The summed E-state index contributed by atoms with van der Waals surface area (Å²) in [7, 11) is 0. The van der Waals surface area contributed by atoms with Crippen LogP contribution in [0.4, 0.5) is 22.0 Å². The second kappa shape index (κ2) is 10.6. The molecular formula is C22H16BrF5N2O3. The van der Waals surface area contributed by atoms with Crippen LogP contribution in [-0.4, -0.2) is 23.9 Å². The summed E-state index contributed by atoms with van der Waals surface area (Å²) in [6, 6.07) is 12.0. The Balaban J connectivity index is 0.000000218. The molecule has 1 aromatic heterocycles.